The van der Waals surface area contributed by atoms with Crippen molar-refractivity contribution in [1.82, 2.24) is 20.4 Å². The van der Waals surface area contributed by atoms with Crippen molar-refractivity contribution in [1.29, 1.82) is 5.26 Å². The second-order valence-electron chi connectivity index (χ2n) is 18.0. The molecule has 0 radical (unpaired) electrons. The summed E-state index contributed by atoms with van der Waals surface area (Å²) in [4.78, 5) is 72.3. The third-order valence-corrected chi connectivity index (χ3v) is 13.4. The van der Waals surface area contributed by atoms with Crippen molar-refractivity contribution in [2.24, 2.45) is 16.7 Å². The Balaban J connectivity index is 0.790. The summed E-state index contributed by atoms with van der Waals surface area (Å²) in [7, 11) is 1.53. The molecule has 4 heterocycles. The number of imide groups is 2. The Morgan fingerprint density at radius 2 is 1.47 bits per heavy atom. The Morgan fingerprint density at radius 1 is 0.817 bits per heavy atom. The van der Waals surface area contributed by atoms with Gasteiger partial charge in [0.15, 0.2) is 0 Å². The van der Waals surface area contributed by atoms with Gasteiger partial charge in [-0.25, -0.2) is 0 Å². The van der Waals surface area contributed by atoms with Gasteiger partial charge in [-0.2, -0.15) is 5.26 Å². The molecule has 3 saturated heterocycles. The number of amides is 5. The molecule has 3 aromatic rings. The van der Waals surface area contributed by atoms with E-state index in [1.54, 1.807) is 30.3 Å². The van der Waals surface area contributed by atoms with E-state index in [1.165, 1.54) is 7.11 Å². The number of ether oxygens (including phenoxy) is 2. The van der Waals surface area contributed by atoms with Gasteiger partial charge in [-0.05, 0) is 79.8 Å². The molecule has 5 amide bonds. The van der Waals surface area contributed by atoms with Crippen molar-refractivity contribution >= 4 is 40.9 Å². The molecule has 1 saturated carbocycles. The highest BCUT2D eigenvalue weighted by Gasteiger charge is 2.64. The molecule has 4 fully saturated rings. The fraction of sp³-hybridized carbons (Fsp3) is 0.478. The average molecular weight is 816 g/mol. The SMILES string of the molecule is COc1cc(OC2C(C)(C)C(NC(=O)c3ccc(N4CCC(CN5CCN(c6ccc7c(c6)C(=O)N(C6CCC(=O)NC6=O)C7=O)CC5)CC4)cc3)C2(C)C)ccc1C#N. The second-order valence-corrected chi connectivity index (χ2v) is 18.0. The number of nitriles is 1. The Labute approximate surface area is 350 Å². The van der Waals surface area contributed by atoms with E-state index in [4.69, 9.17) is 9.47 Å². The molecule has 5 aliphatic rings. The van der Waals surface area contributed by atoms with E-state index < -0.39 is 29.7 Å². The first-order valence-electron chi connectivity index (χ1n) is 20.9. The van der Waals surface area contributed by atoms with Crippen LogP contribution in [-0.2, 0) is 9.59 Å². The van der Waals surface area contributed by atoms with Crippen LogP contribution in [0.15, 0.2) is 60.7 Å². The highest BCUT2D eigenvalue weighted by atomic mass is 16.5. The molecule has 0 spiro atoms. The maximum Gasteiger partial charge on any atom is 0.262 e. The summed E-state index contributed by atoms with van der Waals surface area (Å²) < 4.78 is 11.8. The van der Waals surface area contributed by atoms with Gasteiger partial charge >= 0.3 is 0 Å². The van der Waals surface area contributed by atoms with Gasteiger partial charge in [-0.15, -0.1) is 0 Å². The van der Waals surface area contributed by atoms with Gasteiger partial charge < -0.3 is 24.6 Å². The maximum atomic E-state index is 13.5. The number of piperidine rings is 2. The zero-order valence-electron chi connectivity index (χ0n) is 35.0. The van der Waals surface area contributed by atoms with Gasteiger partial charge in [0.25, 0.3) is 17.7 Å². The molecule has 1 aliphatic carbocycles. The van der Waals surface area contributed by atoms with Gasteiger partial charge in [-0.3, -0.25) is 39.1 Å². The van der Waals surface area contributed by atoms with Crippen molar-refractivity contribution in [3.63, 3.8) is 0 Å². The number of piperazine rings is 1. The van der Waals surface area contributed by atoms with Gasteiger partial charge in [-0.1, -0.05) is 27.7 Å². The summed E-state index contributed by atoms with van der Waals surface area (Å²) in [6.07, 6.45) is 2.21. The molecular weight excluding hydrogens is 763 g/mol. The number of nitrogens with one attached hydrogen (secondary N) is 2. The summed E-state index contributed by atoms with van der Waals surface area (Å²) >= 11 is 0. The smallest absolute Gasteiger partial charge is 0.262 e. The van der Waals surface area contributed by atoms with Crippen LogP contribution < -0.4 is 29.9 Å². The third-order valence-electron chi connectivity index (χ3n) is 13.4. The molecule has 14 nitrogen and oxygen atoms in total. The lowest BCUT2D eigenvalue weighted by molar-refractivity contribution is -0.164. The monoisotopic (exact) mass is 815 g/mol. The van der Waals surface area contributed by atoms with Crippen molar-refractivity contribution < 1.29 is 33.4 Å². The third kappa shape index (κ3) is 7.44. The lowest BCUT2D eigenvalue weighted by Crippen LogP contribution is -2.74. The van der Waals surface area contributed by atoms with Crippen molar-refractivity contribution in [3.05, 3.63) is 82.9 Å². The van der Waals surface area contributed by atoms with E-state index in [-0.39, 0.29) is 41.7 Å². The number of carbonyl (C=O) groups is 5. The Bertz CT molecular complexity index is 2230. The molecular formula is C46H53N7O7. The standard InChI is InChI=1S/C46H53N7O7/c1-45(2)43(46(3,4)44(45)60-33-12-8-30(26-47)37(25-33)59-5)49-39(55)29-6-9-31(10-7-29)51-18-16-28(17-19-51)27-50-20-22-52(23-21-50)32-11-13-34-35(24-32)42(58)53(41(34)57)36-14-15-38(54)48-40(36)56/h6-13,24-25,28,36,43-44H,14-23,27H2,1-5H3,(H,49,55)(H,48,54,56). The van der Waals surface area contributed by atoms with Crippen molar-refractivity contribution in [2.45, 2.75) is 71.6 Å². The van der Waals surface area contributed by atoms with Crippen LogP contribution in [0.2, 0.25) is 0 Å². The number of fused-ring (bicyclic) bond motifs is 1. The van der Waals surface area contributed by atoms with Crippen LogP contribution in [0, 0.1) is 28.1 Å². The lowest BCUT2D eigenvalue weighted by atomic mass is 9.49. The van der Waals surface area contributed by atoms with Crippen LogP contribution in [0.25, 0.3) is 0 Å². The fourth-order valence-electron chi connectivity index (χ4n) is 10.4. The second kappa shape index (κ2) is 15.9. The molecule has 14 heteroatoms. The Hall–Kier alpha value is -5.94. The molecule has 4 aliphatic heterocycles. The van der Waals surface area contributed by atoms with Crippen LogP contribution in [0.3, 0.4) is 0 Å². The lowest BCUT2D eigenvalue weighted by Gasteiger charge is -2.63. The summed E-state index contributed by atoms with van der Waals surface area (Å²) in [5.74, 6) is -0.415. The van der Waals surface area contributed by atoms with Crippen molar-refractivity contribution in [3.8, 4) is 17.6 Å². The molecule has 60 heavy (non-hydrogen) atoms. The summed E-state index contributed by atoms with van der Waals surface area (Å²) in [5, 5.41) is 14.9. The molecule has 1 unspecified atom stereocenters. The summed E-state index contributed by atoms with van der Waals surface area (Å²) in [6.45, 7) is 14.7. The number of hydrogen-bond acceptors (Lipinski definition) is 11. The predicted molar refractivity (Wildman–Crippen MR) is 224 cm³/mol. The number of nitrogens with zero attached hydrogens (tertiary/aromatic N) is 5. The Morgan fingerprint density at radius 3 is 2.12 bits per heavy atom. The number of benzene rings is 3. The maximum absolute atomic E-state index is 13.5. The fourth-order valence-corrected chi connectivity index (χ4v) is 10.4. The number of methoxy groups -OCH3 is 1. The van der Waals surface area contributed by atoms with E-state index in [0.29, 0.717) is 39.7 Å². The Kier molecular flexibility index (Phi) is 10.8. The zero-order valence-corrected chi connectivity index (χ0v) is 35.0. The minimum Gasteiger partial charge on any atom is -0.495 e. The molecule has 8 rings (SSSR count). The van der Waals surface area contributed by atoms with Gasteiger partial charge in [0.2, 0.25) is 11.8 Å². The molecule has 0 aromatic heterocycles. The summed E-state index contributed by atoms with van der Waals surface area (Å²) in [6, 6.07) is 19.5. The van der Waals surface area contributed by atoms with E-state index >= 15 is 0 Å². The van der Waals surface area contributed by atoms with Crippen LogP contribution in [-0.4, -0.2) is 110 Å². The largest absolute Gasteiger partial charge is 0.495 e. The highest BCUT2D eigenvalue weighted by Crippen LogP contribution is 2.55. The van der Waals surface area contributed by atoms with Crippen LogP contribution >= 0.6 is 0 Å². The molecule has 3 aromatic carbocycles. The van der Waals surface area contributed by atoms with Crippen molar-refractivity contribution in [2.75, 3.05) is 62.7 Å². The van der Waals surface area contributed by atoms with Crippen LogP contribution in [0.5, 0.6) is 11.5 Å². The van der Waals surface area contributed by atoms with Gasteiger partial charge in [0.1, 0.15) is 29.7 Å². The number of carbonyl (C=O) groups excluding carboxylic acids is 5. The first-order chi connectivity index (χ1) is 28.7. The minimum absolute atomic E-state index is 0.0903. The van der Waals surface area contributed by atoms with E-state index in [9.17, 15) is 29.2 Å². The van der Waals surface area contributed by atoms with Gasteiger partial charge in [0, 0.05) is 92.1 Å². The normalized spacial score (nSPS) is 24.0. The highest BCUT2D eigenvalue weighted by molar-refractivity contribution is 6.23. The first-order valence-corrected chi connectivity index (χ1v) is 20.9. The molecule has 1 atom stereocenters. The molecule has 2 N–H and O–H groups in total. The number of anilines is 2. The first kappa shape index (κ1) is 40.8. The number of hydrogen-bond donors (Lipinski definition) is 2. The van der Waals surface area contributed by atoms with Crippen LogP contribution in [0.4, 0.5) is 11.4 Å². The molecule has 0 bridgehead atoms. The van der Waals surface area contributed by atoms with E-state index in [2.05, 4.69) is 59.1 Å². The summed E-state index contributed by atoms with van der Waals surface area (Å²) in [5.41, 5.74) is 2.96. The van der Waals surface area contributed by atoms with E-state index in [0.717, 1.165) is 74.9 Å². The predicted octanol–water partition coefficient (Wildman–Crippen LogP) is 4.62. The topological polar surface area (TPSA) is 165 Å². The quantitative estimate of drug-likeness (QED) is 0.275. The average Bonchev–Trinajstić information content (AvgIpc) is 3.49. The zero-order chi connectivity index (χ0) is 42.5. The molecule has 314 valence electrons. The van der Waals surface area contributed by atoms with E-state index in [1.807, 2.05) is 30.3 Å². The van der Waals surface area contributed by atoms with Crippen LogP contribution in [0.1, 0.15) is 90.0 Å². The number of rotatable bonds is 10. The minimum atomic E-state index is -0.975. The van der Waals surface area contributed by atoms with Gasteiger partial charge in [0.05, 0.1) is 23.8 Å².